The molecular weight excluding hydrogens is 376 g/mol. The van der Waals surface area contributed by atoms with Gasteiger partial charge in [0.05, 0.1) is 9.80 Å². The van der Waals surface area contributed by atoms with Gasteiger partial charge in [0.15, 0.2) is 5.78 Å². The topological polar surface area (TPSA) is 77.5 Å². The number of carbonyl (C=O) groups excluding carboxylic acids is 2. The fraction of sp³-hybridized carbons (Fsp3) is 0.273. The van der Waals surface area contributed by atoms with Gasteiger partial charge in [-0.25, -0.2) is 8.42 Å². The Morgan fingerprint density at radius 3 is 2.36 bits per heavy atom. The Kier molecular flexibility index (Phi) is 6.09. The van der Waals surface area contributed by atoms with Gasteiger partial charge in [-0.1, -0.05) is 62.2 Å². The van der Waals surface area contributed by atoms with Crippen LogP contribution in [0.15, 0.2) is 64.4 Å². The van der Waals surface area contributed by atoms with Gasteiger partial charge in [0.2, 0.25) is 9.84 Å². The van der Waals surface area contributed by atoms with E-state index >= 15 is 0 Å². The van der Waals surface area contributed by atoms with Crippen LogP contribution in [-0.2, 0) is 19.4 Å². The summed E-state index contributed by atoms with van der Waals surface area (Å²) in [6.45, 7) is 1.58. The van der Waals surface area contributed by atoms with Gasteiger partial charge in [-0.3, -0.25) is 9.59 Å². The van der Waals surface area contributed by atoms with Crippen LogP contribution in [0.2, 0.25) is 0 Å². The van der Waals surface area contributed by atoms with E-state index < -0.39 is 22.4 Å². The van der Waals surface area contributed by atoms with Gasteiger partial charge < -0.3 is 4.74 Å². The third-order valence-electron chi connectivity index (χ3n) is 4.66. The van der Waals surface area contributed by atoms with Crippen LogP contribution in [0.25, 0.3) is 5.57 Å². The van der Waals surface area contributed by atoms with Crippen molar-refractivity contribution in [1.82, 2.24) is 0 Å². The third-order valence-corrected chi connectivity index (χ3v) is 6.57. The van der Waals surface area contributed by atoms with Gasteiger partial charge in [0, 0.05) is 17.6 Å². The van der Waals surface area contributed by atoms with Gasteiger partial charge >= 0.3 is 5.97 Å². The minimum absolute atomic E-state index is 0.0447. The minimum Gasteiger partial charge on any atom is -0.460 e. The Morgan fingerprint density at radius 2 is 1.64 bits per heavy atom. The number of esters is 1. The van der Waals surface area contributed by atoms with Crippen molar-refractivity contribution >= 4 is 27.2 Å². The molecule has 2 aromatic rings. The van der Waals surface area contributed by atoms with Crippen LogP contribution in [0.5, 0.6) is 0 Å². The Balaban J connectivity index is 2.02. The first-order chi connectivity index (χ1) is 13.5. The number of hydrogen-bond donors (Lipinski definition) is 0. The normalized spacial score (nSPS) is 15.2. The second kappa shape index (κ2) is 8.52. The summed E-state index contributed by atoms with van der Waals surface area (Å²) in [5, 5.41) is 0. The molecule has 0 unspecified atom stereocenters. The predicted molar refractivity (Wildman–Crippen MR) is 106 cm³/mol. The smallest absolute Gasteiger partial charge is 0.306 e. The standard InChI is InChI=1S/C22H22O5S/c1-2-3-5-14-20(23)27-15-19-21(16-10-6-4-7-11-16)22(24)17-12-8-9-13-18(17)28(19,25)26/h4,6-13H,2-3,5,14-15H2,1H3. The number of unbranched alkanes of at least 4 members (excludes halogenated alkanes) is 2. The molecular formula is C22H22O5S. The highest BCUT2D eigenvalue weighted by Crippen LogP contribution is 2.37. The molecule has 0 bridgehead atoms. The molecule has 0 radical (unpaired) electrons. The van der Waals surface area contributed by atoms with Gasteiger partial charge in [0.1, 0.15) is 6.61 Å². The van der Waals surface area contributed by atoms with E-state index in [9.17, 15) is 18.0 Å². The monoisotopic (exact) mass is 398 g/mol. The maximum Gasteiger partial charge on any atom is 0.306 e. The lowest BCUT2D eigenvalue weighted by molar-refractivity contribution is -0.142. The number of rotatable bonds is 7. The van der Waals surface area contributed by atoms with Gasteiger partial charge in [-0.15, -0.1) is 0 Å². The zero-order valence-electron chi connectivity index (χ0n) is 15.7. The minimum atomic E-state index is -3.95. The van der Waals surface area contributed by atoms with Crippen LogP contribution in [0, 0.1) is 0 Å². The van der Waals surface area contributed by atoms with Crippen LogP contribution in [0.1, 0.15) is 48.5 Å². The van der Waals surface area contributed by atoms with Crippen molar-refractivity contribution in [1.29, 1.82) is 0 Å². The molecule has 6 heteroatoms. The lowest BCUT2D eigenvalue weighted by Gasteiger charge is -2.22. The van der Waals surface area contributed by atoms with Gasteiger partial charge in [-0.05, 0) is 24.1 Å². The van der Waals surface area contributed by atoms with Crippen molar-refractivity contribution in [3.63, 3.8) is 0 Å². The van der Waals surface area contributed by atoms with E-state index in [1.165, 1.54) is 12.1 Å². The number of sulfone groups is 1. The molecule has 0 aromatic heterocycles. The van der Waals surface area contributed by atoms with Crippen molar-refractivity contribution in [2.24, 2.45) is 0 Å². The zero-order valence-corrected chi connectivity index (χ0v) is 16.5. The molecule has 3 rings (SSSR count). The molecule has 0 atom stereocenters. The van der Waals surface area contributed by atoms with Crippen LogP contribution >= 0.6 is 0 Å². The summed E-state index contributed by atoms with van der Waals surface area (Å²) >= 11 is 0. The molecule has 1 aliphatic heterocycles. The highest BCUT2D eigenvalue weighted by atomic mass is 32.2. The largest absolute Gasteiger partial charge is 0.460 e. The highest BCUT2D eigenvalue weighted by Gasteiger charge is 2.38. The fourth-order valence-electron chi connectivity index (χ4n) is 3.20. The maximum atomic E-state index is 13.2. The molecule has 1 heterocycles. The molecule has 0 aliphatic carbocycles. The number of hydrogen-bond acceptors (Lipinski definition) is 5. The Hall–Kier alpha value is -2.73. The number of Topliss-reactive ketones (excluding diaryl/α,β-unsaturated/α-hetero) is 1. The molecule has 0 fully saturated rings. The number of ether oxygens (including phenoxy) is 1. The van der Waals surface area contributed by atoms with E-state index in [0.29, 0.717) is 12.0 Å². The molecule has 1 aliphatic rings. The first kappa shape index (κ1) is 20.0. The van der Waals surface area contributed by atoms with Crippen LogP contribution < -0.4 is 0 Å². The van der Waals surface area contributed by atoms with Crippen LogP contribution in [-0.4, -0.2) is 26.8 Å². The maximum absolute atomic E-state index is 13.2. The van der Waals surface area contributed by atoms with Crippen molar-refractivity contribution in [3.8, 4) is 0 Å². The molecule has 2 aromatic carbocycles. The Labute approximate surface area is 165 Å². The molecule has 5 nitrogen and oxygen atoms in total. The van der Waals surface area contributed by atoms with Crippen LogP contribution in [0.3, 0.4) is 0 Å². The van der Waals surface area contributed by atoms with E-state index in [1.54, 1.807) is 42.5 Å². The van der Waals surface area contributed by atoms with Gasteiger partial charge in [-0.2, -0.15) is 0 Å². The van der Waals surface area contributed by atoms with E-state index in [0.717, 1.165) is 12.8 Å². The summed E-state index contributed by atoms with van der Waals surface area (Å²) in [5.41, 5.74) is 0.697. The second-order valence-corrected chi connectivity index (χ2v) is 8.55. The van der Waals surface area contributed by atoms with Crippen molar-refractivity contribution < 1.29 is 22.7 Å². The Bertz CT molecular complexity index is 1020. The predicted octanol–water partition coefficient (Wildman–Crippen LogP) is 4.19. The molecule has 28 heavy (non-hydrogen) atoms. The second-order valence-electron chi connectivity index (χ2n) is 6.61. The molecule has 0 spiro atoms. The number of fused-ring (bicyclic) bond motifs is 1. The first-order valence-corrected chi connectivity index (χ1v) is 10.8. The zero-order chi connectivity index (χ0) is 20.1. The summed E-state index contributed by atoms with van der Waals surface area (Å²) in [5.74, 6) is -0.844. The lowest BCUT2D eigenvalue weighted by Crippen LogP contribution is -2.25. The number of ketones is 1. The number of allylic oxidation sites excluding steroid dienone is 1. The average Bonchev–Trinajstić information content (AvgIpc) is 2.70. The highest BCUT2D eigenvalue weighted by molar-refractivity contribution is 7.95. The number of benzene rings is 2. The quantitative estimate of drug-likeness (QED) is 0.516. The molecule has 0 N–H and O–H groups in total. The molecule has 146 valence electrons. The van der Waals surface area contributed by atoms with Gasteiger partial charge in [0.25, 0.3) is 0 Å². The van der Waals surface area contributed by atoms with E-state index in [-0.39, 0.29) is 33.1 Å². The SMILES string of the molecule is CCCCCC(=O)OCC1=C(c2ccccc2)C(=O)c2ccccc2S1(=O)=O. The summed E-state index contributed by atoms with van der Waals surface area (Å²) < 4.78 is 31.7. The van der Waals surface area contributed by atoms with Crippen molar-refractivity contribution in [3.05, 3.63) is 70.6 Å². The van der Waals surface area contributed by atoms with Crippen molar-refractivity contribution in [2.75, 3.05) is 6.61 Å². The molecule has 0 saturated carbocycles. The van der Waals surface area contributed by atoms with Crippen LogP contribution in [0.4, 0.5) is 0 Å². The van der Waals surface area contributed by atoms with Crippen molar-refractivity contribution in [2.45, 2.75) is 37.5 Å². The van der Waals surface area contributed by atoms with E-state index in [1.807, 2.05) is 6.92 Å². The lowest BCUT2D eigenvalue weighted by atomic mass is 9.96. The summed E-state index contributed by atoms with van der Waals surface area (Å²) in [4.78, 5) is 24.9. The van der Waals surface area contributed by atoms with E-state index in [4.69, 9.17) is 4.74 Å². The third kappa shape index (κ3) is 3.92. The fourth-order valence-corrected chi connectivity index (χ4v) is 4.87. The summed E-state index contributed by atoms with van der Waals surface area (Å²) in [6, 6.07) is 14.7. The average molecular weight is 398 g/mol. The summed E-state index contributed by atoms with van der Waals surface area (Å²) in [6.07, 6.45) is 2.79. The molecule has 0 amide bonds. The first-order valence-electron chi connectivity index (χ1n) is 9.29. The summed E-state index contributed by atoms with van der Waals surface area (Å²) in [7, 11) is -3.95. The number of carbonyl (C=O) groups is 2. The van der Waals surface area contributed by atoms with E-state index in [2.05, 4.69) is 0 Å². The molecule has 0 saturated heterocycles. The Morgan fingerprint density at radius 1 is 0.964 bits per heavy atom.